The molecule has 5 nitrogen and oxygen atoms in total. The highest BCUT2D eigenvalue weighted by molar-refractivity contribution is 9.10. The lowest BCUT2D eigenvalue weighted by molar-refractivity contribution is -0.0165. The van der Waals surface area contributed by atoms with Crippen LogP contribution in [0.25, 0.3) is 6.08 Å². The summed E-state index contributed by atoms with van der Waals surface area (Å²) in [5.74, 6) is 2.01. The summed E-state index contributed by atoms with van der Waals surface area (Å²) >= 11 is 3.48. The molecule has 0 saturated heterocycles. The maximum atomic E-state index is 12.6. The largest absolute Gasteiger partial charge is 0.494 e. The number of carbonyl (C=O) groups excluding carboxylic acids is 1. The maximum absolute atomic E-state index is 12.6. The lowest BCUT2D eigenvalue weighted by Crippen LogP contribution is -2.12. The van der Waals surface area contributed by atoms with Crippen LogP contribution < -0.4 is 14.2 Å². The zero-order valence-electron chi connectivity index (χ0n) is 13.5. The van der Waals surface area contributed by atoms with E-state index in [-0.39, 0.29) is 18.3 Å². The zero-order valence-corrected chi connectivity index (χ0v) is 15.1. The molecule has 6 heteroatoms. The highest BCUT2D eigenvalue weighted by Crippen LogP contribution is 2.38. The van der Waals surface area contributed by atoms with Crippen LogP contribution in [0.1, 0.15) is 28.4 Å². The molecule has 2 aromatic rings. The van der Waals surface area contributed by atoms with Gasteiger partial charge in [-0.25, -0.2) is 0 Å². The Morgan fingerprint density at radius 3 is 3.00 bits per heavy atom. The molecular weight excluding hydrogens is 388 g/mol. The molecule has 2 aromatic carbocycles. The molecule has 25 heavy (non-hydrogen) atoms. The highest BCUT2D eigenvalue weighted by Gasteiger charge is 2.28. The van der Waals surface area contributed by atoms with Crippen molar-refractivity contribution in [3.8, 4) is 17.2 Å². The summed E-state index contributed by atoms with van der Waals surface area (Å²) in [5, 5.41) is 0. The lowest BCUT2D eigenvalue weighted by atomic mass is 10.1. The van der Waals surface area contributed by atoms with Crippen LogP contribution in [-0.4, -0.2) is 19.2 Å². The van der Waals surface area contributed by atoms with Crippen LogP contribution in [-0.2, 0) is 11.3 Å². The van der Waals surface area contributed by atoms with Gasteiger partial charge in [0.1, 0.15) is 17.2 Å². The van der Waals surface area contributed by atoms with Gasteiger partial charge in [-0.15, -0.1) is 0 Å². The van der Waals surface area contributed by atoms with E-state index in [1.165, 1.54) is 0 Å². The first kappa shape index (κ1) is 16.2. The molecular formula is C19H15BrO5. The summed E-state index contributed by atoms with van der Waals surface area (Å²) < 4.78 is 23.0. The Morgan fingerprint density at radius 2 is 2.16 bits per heavy atom. The number of hydrogen-bond donors (Lipinski definition) is 0. The number of Topliss-reactive ketones (excluding diaryl/α,β-unsaturated/α-hetero) is 1. The van der Waals surface area contributed by atoms with Crippen molar-refractivity contribution >= 4 is 27.8 Å². The molecule has 0 atom stereocenters. The number of benzene rings is 2. The van der Waals surface area contributed by atoms with Gasteiger partial charge >= 0.3 is 0 Å². The number of hydrogen-bond acceptors (Lipinski definition) is 5. The molecule has 0 amide bonds. The van der Waals surface area contributed by atoms with Crippen molar-refractivity contribution in [1.29, 1.82) is 0 Å². The van der Waals surface area contributed by atoms with Crippen LogP contribution in [0.4, 0.5) is 0 Å². The number of ketones is 1. The van der Waals surface area contributed by atoms with Gasteiger partial charge in [0.2, 0.25) is 5.78 Å². The van der Waals surface area contributed by atoms with E-state index in [2.05, 4.69) is 15.9 Å². The number of ether oxygens (including phenoxy) is 4. The Kier molecular flexibility index (Phi) is 4.23. The van der Waals surface area contributed by atoms with Gasteiger partial charge in [0.05, 0.1) is 18.8 Å². The molecule has 4 rings (SSSR count). The van der Waals surface area contributed by atoms with Crippen LogP contribution in [0.15, 0.2) is 40.6 Å². The Balaban J connectivity index is 1.71. The van der Waals surface area contributed by atoms with Gasteiger partial charge in [-0.2, -0.15) is 0 Å². The van der Waals surface area contributed by atoms with E-state index in [4.69, 9.17) is 18.9 Å². The van der Waals surface area contributed by atoms with Crippen molar-refractivity contribution in [1.82, 2.24) is 0 Å². The molecule has 0 aromatic heterocycles. The van der Waals surface area contributed by atoms with Crippen molar-refractivity contribution in [2.45, 2.75) is 13.5 Å². The van der Waals surface area contributed by atoms with Gasteiger partial charge in [-0.3, -0.25) is 4.79 Å². The highest BCUT2D eigenvalue weighted by atomic mass is 79.9. The third-order valence-corrected chi connectivity index (χ3v) is 4.40. The predicted octanol–water partition coefficient (Wildman–Crippen LogP) is 4.33. The minimum absolute atomic E-state index is 0.154. The molecule has 0 N–H and O–H groups in total. The molecule has 0 radical (unpaired) electrons. The van der Waals surface area contributed by atoms with E-state index in [9.17, 15) is 4.79 Å². The Labute approximate surface area is 153 Å². The molecule has 0 unspecified atom stereocenters. The summed E-state index contributed by atoms with van der Waals surface area (Å²) in [6.45, 7) is 3.12. The summed E-state index contributed by atoms with van der Waals surface area (Å²) in [4.78, 5) is 12.6. The third-order valence-electron chi connectivity index (χ3n) is 3.94. The lowest BCUT2D eigenvalue weighted by Gasteiger charge is -2.20. The van der Waals surface area contributed by atoms with E-state index in [1.54, 1.807) is 24.3 Å². The topological polar surface area (TPSA) is 54.0 Å². The van der Waals surface area contributed by atoms with Crippen molar-refractivity contribution in [2.75, 3.05) is 13.4 Å². The van der Waals surface area contributed by atoms with Crippen LogP contribution >= 0.6 is 15.9 Å². The van der Waals surface area contributed by atoms with Gasteiger partial charge in [0.25, 0.3) is 0 Å². The van der Waals surface area contributed by atoms with Crippen LogP contribution in [0.3, 0.4) is 0 Å². The standard InChI is InChI=1S/C19H15BrO5/c1-2-23-14-3-4-15-16(8-14)25-17(18(15)21)7-11-5-13(20)6-12-9-22-10-24-19(11)12/h3-8H,2,9-10H2,1H3/b17-7-. The molecule has 0 saturated carbocycles. The molecule has 2 aliphatic heterocycles. The molecule has 2 aliphatic rings. The van der Waals surface area contributed by atoms with E-state index in [0.717, 1.165) is 15.6 Å². The van der Waals surface area contributed by atoms with Crippen molar-refractivity contribution in [2.24, 2.45) is 0 Å². The second-order valence-electron chi connectivity index (χ2n) is 5.62. The summed E-state index contributed by atoms with van der Waals surface area (Å²) in [6.07, 6.45) is 1.71. The first-order valence-electron chi connectivity index (χ1n) is 7.90. The van der Waals surface area contributed by atoms with Gasteiger partial charge in [-0.05, 0) is 37.3 Å². The fourth-order valence-corrected chi connectivity index (χ4v) is 3.40. The number of carbonyl (C=O) groups is 1. The molecule has 128 valence electrons. The minimum atomic E-state index is -0.154. The number of rotatable bonds is 3. The second kappa shape index (κ2) is 6.54. The predicted molar refractivity (Wildman–Crippen MR) is 95.0 cm³/mol. The molecule has 0 spiro atoms. The average Bonchev–Trinajstić information content (AvgIpc) is 2.90. The zero-order chi connectivity index (χ0) is 17.4. The van der Waals surface area contributed by atoms with Crippen molar-refractivity contribution in [3.63, 3.8) is 0 Å². The van der Waals surface area contributed by atoms with E-state index < -0.39 is 0 Å². The van der Waals surface area contributed by atoms with Crippen LogP contribution in [0.5, 0.6) is 17.2 Å². The number of fused-ring (bicyclic) bond motifs is 2. The quantitative estimate of drug-likeness (QED) is 0.715. The first-order chi connectivity index (χ1) is 12.2. The molecule has 0 bridgehead atoms. The SMILES string of the molecule is CCOc1ccc2c(c1)O/C(=C\c1cc(Br)cc3c1OCOC3)C2=O. The van der Waals surface area contributed by atoms with Gasteiger partial charge in [-0.1, -0.05) is 15.9 Å². The van der Waals surface area contributed by atoms with Crippen LogP contribution in [0.2, 0.25) is 0 Å². The monoisotopic (exact) mass is 402 g/mol. The second-order valence-corrected chi connectivity index (χ2v) is 6.54. The van der Waals surface area contributed by atoms with E-state index in [0.29, 0.717) is 36.0 Å². The summed E-state index contributed by atoms with van der Waals surface area (Å²) in [5.41, 5.74) is 2.23. The molecule has 0 fully saturated rings. The van der Waals surface area contributed by atoms with Crippen molar-refractivity contribution < 1.29 is 23.7 Å². The van der Waals surface area contributed by atoms with Gasteiger partial charge in [0.15, 0.2) is 12.6 Å². The number of halogens is 1. The van der Waals surface area contributed by atoms with E-state index in [1.807, 2.05) is 19.1 Å². The van der Waals surface area contributed by atoms with Gasteiger partial charge in [0, 0.05) is 21.7 Å². The Morgan fingerprint density at radius 1 is 1.28 bits per heavy atom. The maximum Gasteiger partial charge on any atom is 0.231 e. The molecule has 0 aliphatic carbocycles. The Bertz CT molecular complexity index is 888. The average molecular weight is 403 g/mol. The minimum Gasteiger partial charge on any atom is -0.494 e. The van der Waals surface area contributed by atoms with Crippen molar-refractivity contribution in [3.05, 3.63) is 57.3 Å². The Hall–Kier alpha value is -2.31. The fraction of sp³-hybridized carbons (Fsp3) is 0.211. The summed E-state index contributed by atoms with van der Waals surface area (Å²) in [7, 11) is 0. The normalized spacial score (nSPS) is 16.9. The number of allylic oxidation sites excluding steroid dienone is 1. The third kappa shape index (κ3) is 3.03. The summed E-state index contributed by atoms with van der Waals surface area (Å²) in [6, 6.07) is 9.07. The first-order valence-corrected chi connectivity index (χ1v) is 8.69. The molecule has 2 heterocycles. The fourth-order valence-electron chi connectivity index (χ4n) is 2.88. The van der Waals surface area contributed by atoms with Gasteiger partial charge < -0.3 is 18.9 Å². The smallest absolute Gasteiger partial charge is 0.231 e. The van der Waals surface area contributed by atoms with Crippen LogP contribution in [0, 0.1) is 0 Å². The van der Waals surface area contributed by atoms with E-state index >= 15 is 0 Å².